The molecule has 0 fully saturated rings. The van der Waals surface area contributed by atoms with Crippen LogP contribution in [0.25, 0.3) is 0 Å². The number of hydrogen-bond acceptors (Lipinski definition) is 7. The van der Waals surface area contributed by atoms with E-state index in [-0.39, 0.29) is 5.75 Å². The van der Waals surface area contributed by atoms with Gasteiger partial charge in [0.15, 0.2) is 23.0 Å². The van der Waals surface area contributed by atoms with Gasteiger partial charge in [0.25, 0.3) is 5.91 Å². The van der Waals surface area contributed by atoms with Crippen molar-refractivity contribution >= 4 is 34.0 Å². The minimum absolute atomic E-state index is 0.260. The topological polar surface area (TPSA) is 95.5 Å². The van der Waals surface area contributed by atoms with Crippen LogP contribution in [0.15, 0.2) is 70.2 Å². The highest BCUT2D eigenvalue weighted by molar-refractivity contribution is 9.10. The van der Waals surface area contributed by atoms with Crippen molar-refractivity contribution in [2.45, 2.75) is 0 Å². The normalized spacial score (nSPS) is 12.3. The van der Waals surface area contributed by atoms with Crippen LogP contribution in [-0.4, -0.2) is 38.4 Å². The van der Waals surface area contributed by atoms with Crippen LogP contribution >= 0.6 is 15.9 Å². The van der Waals surface area contributed by atoms with Crippen LogP contribution in [0.4, 0.5) is 0 Å². The molecule has 0 aromatic heterocycles. The lowest BCUT2D eigenvalue weighted by Gasteiger charge is -2.18. The third kappa shape index (κ3) is 5.32. The SMILES string of the molecule is COc1cc(C=NNC(=O)c2ccc3c(c2)OCCO3)ccc1OC(=O)c1ccccc1Br. The van der Waals surface area contributed by atoms with E-state index >= 15 is 0 Å². The average molecular weight is 511 g/mol. The van der Waals surface area contributed by atoms with E-state index in [1.165, 1.54) is 13.3 Å². The van der Waals surface area contributed by atoms with E-state index < -0.39 is 11.9 Å². The number of methoxy groups -OCH3 is 1. The minimum Gasteiger partial charge on any atom is -0.493 e. The molecule has 168 valence electrons. The lowest BCUT2D eigenvalue weighted by molar-refractivity contribution is 0.0728. The van der Waals surface area contributed by atoms with E-state index in [2.05, 4.69) is 26.5 Å². The summed E-state index contributed by atoms with van der Waals surface area (Å²) >= 11 is 3.34. The molecule has 1 amide bonds. The van der Waals surface area contributed by atoms with E-state index in [1.54, 1.807) is 54.6 Å². The zero-order valence-electron chi connectivity index (χ0n) is 17.5. The summed E-state index contributed by atoms with van der Waals surface area (Å²) in [5.74, 6) is 0.820. The summed E-state index contributed by atoms with van der Waals surface area (Å²) in [6, 6.07) is 16.8. The van der Waals surface area contributed by atoms with Gasteiger partial charge in [-0.15, -0.1) is 0 Å². The molecule has 0 aliphatic carbocycles. The Kier molecular flexibility index (Phi) is 6.89. The number of benzene rings is 3. The van der Waals surface area contributed by atoms with Gasteiger partial charge in [0.1, 0.15) is 13.2 Å². The molecule has 4 rings (SSSR count). The number of hydrazone groups is 1. The number of fused-ring (bicyclic) bond motifs is 1. The summed E-state index contributed by atoms with van der Waals surface area (Å²) < 4.78 is 22.4. The van der Waals surface area contributed by atoms with Crippen molar-refractivity contribution in [3.8, 4) is 23.0 Å². The maximum absolute atomic E-state index is 12.5. The lowest BCUT2D eigenvalue weighted by atomic mass is 10.2. The van der Waals surface area contributed by atoms with Gasteiger partial charge in [-0.3, -0.25) is 4.79 Å². The Labute approximate surface area is 198 Å². The van der Waals surface area contributed by atoms with Crippen molar-refractivity contribution in [2.75, 3.05) is 20.3 Å². The molecule has 1 N–H and O–H groups in total. The fourth-order valence-electron chi connectivity index (χ4n) is 3.04. The molecule has 3 aromatic rings. The summed E-state index contributed by atoms with van der Waals surface area (Å²) in [5, 5.41) is 3.99. The van der Waals surface area contributed by atoms with Crippen molar-refractivity contribution in [2.24, 2.45) is 5.10 Å². The molecule has 0 atom stereocenters. The van der Waals surface area contributed by atoms with Crippen LogP contribution < -0.4 is 24.4 Å². The molecular weight excluding hydrogens is 492 g/mol. The van der Waals surface area contributed by atoms with Gasteiger partial charge in [0.05, 0.1) is 18.9 Å². The smallest absolute Gasteiger partial charge is 0.344 e. The molecule has 33 heavy (non-hydrogen) atoms. The molecule has 0 saturated carbocycles. The summed E-state index contributed by atoms with van der Waals surface area (Å²) in [6.45, 7) is 0.917. The number of nitrogens with zero attached hydrogens (tertiary/aromatic N) is 1. The summed E-state index contributed by atoms with van der Waals surface area (Å²) in [4.78, 5) is 24.8. The monoisotopic (exact) mass is 510 g/mol. The molecular formula is C24H19BrN2O6. The Morgan fingerprint density at radius 2 is 1.79 bits per heavy atom. The number of halogens is 1. The third-order valence-electron chi connectivity index (χ3n) is 4.67. The van der Waals surface area contributed by atoms with Gasteiger partial charge in [-0.2, -0.15) is 5.10 Å². The molecule has 1 heterocycles. The molecule has 3 aromatic carbocycles. The van der Waals surface area contributed by atoms with Crippen LogP contribution in [0.5, 0.6) is 23.0 Å². The maximum Gasteiger partial charge on any atom is 0.344 e. The van der Waals surface area contributed by atoms with E-state index in [9.17, 15) is 9.59 Å². The molecule has 0 unspecified atom stereocenters. The van der Waals surface area contributed by atoms with Crippen LogP contribution in [0.1, 0.15) is 26.3 Å². The molecule has 9 heteroatoms. The Hall–Kier alpha value is -3.85. The quantitative estimate of drug-likeness (QED) is 0.231. The Bertz CT molecular complexity index is 1230. The number of hydrogen-bond donors (Lipinski definition) is 1. The van der Waals surface area contributed by atoms with Gasteiger partial charge in [0, 0.05) is 10.0 Å². The second-order valence-corrected chi connectivity index (χ2v) is 7.69. The lowest BCUT2D eigenvalue weighted by Crippen LogP contribution is -2.19. The molecule has 0 spiro atoms. The summed E-state index contributed by atoms with van der Waals surface area (Å²) in [6.07, 6.45) is 1.46. The fourth-order valence-corrected chi connectivity index (χ4v) is 3.49. The largest absolute Gasteiger partial charge is 0.493 e. The Morgan fingerprint density at radius 1 is 1.00 bits per heavy atom. The predicted molar refractivity (Wildman–Crippen MR) is 125 cm³/mol. The standard InChI is InChI=1S/C24H19BrN2O6/c1-30-21-12-15(6-8-20(21)33-24(29)17-4-2-3-5-18(17)25)14-26-27-23(28)16-7-9-19-22(13-16)32-11-10-31-19/h2-9,12-14H,10-11H2,1H3,(H,27,28). The molecule has 1 aliphatic heterocycles. The third-order valence-corrected chi connectivity index (χ3v) is 5.36. The van der Waals surface area contributed by atoms with Gasteiger partial charge in [-0.05, 0) is 70.0 Å². The van der Waals surface area contributed by atoms with Gasteiger partial charge in [0.2, 0.25) is 0 Å². The molecule has 1 aliphatic rings. The van der Waals surface area contributed by atoms with Crippen LogP contribution in [0.3, 0.4) is 0 Å². The first kappa shape index (κ1) is 22.3. The molecule has 0 saturated heterocycles. The average Bonchev–Trinajstić information content (AvgIpc) is 2.84. The van der Waals surface area contributed by atoms with E-state index in [0.717, 1.165) is 0 Å². The summed E-state index contributed by atoms with van der Waals surface area (Å²) in [7, 11) is 1.47. The number of carbonyl (C=O) groups is 2. The number of amides is 1. The van der Waals surface area contributed by atoms with Crippen molar-refractivity contribution in [1.29, 1.82) is 0 Å². The van der Waals surface area contributed by atoms with E-state index in [1.807, 2.05) is 6.07 Å². The van der Waals surface area contributed by atoms with Gasteiger partial charge >= 0.3 is 5.97 Å². The number of nitrogens with one attached hydrogen (secondary N) is 1. The van der Waals surface area contributed by atoms with Crippen LogP contribution in [0, 0.1) is 0 Å². The highest BCUT2D eigenvalue weighted by atomic mass is 79.9. The van der Waals surface area contributed by atoms with E-state index in [4.69, 9.17) is 18.9 Å². The molecule has 0 radical (unpaired) electrons. The van der Waals surface area contributed by atoms with Crippen LogP contribution in [-0.2, 0) is 0 Å². The number of esters is 1. The first-order valence-electron chi connectivity index (χ1n) is 9.93. The van der Waals surface area contributed by atoms with Crippen molar-refractivity contribution in [3.63, 3.8) is 0 Å². The highest BCUT2D eigenvalue weighted by Crippen LogP contribution is 2.31. The van der Waals surface area contributed by atoms with Gasteiger partial charge < -0.3 is 18.9 Å². The van der Waals surface area contributed by atoms with E-state index in [0.29, 0.717) is 51.6 Å². The summed E-state index contributed by atoms with van der Waals surface area (Å²) in [5.41, 5.74) is 3.89. The second kappa shape index (κ2) is 10.2. The van der Waals surface area contributed by atoms with Gasteiger partial charge in [-0.1, -0.05) is 12.1 Å². The zero-order valence-corrected chi connectivity index (χ0v) is 19.1. The van der Waals surface area contributed by atoms with Gasteiger partial charge in [-0.25, -0.2) is 10.2 Å². The number of rotatable bonds is 6. The number of carbonyl (C=O) groups excluding carboxylic acids is 2. The minimum atomic E-state index is -0.520. The second-order valence-electron chi connectivity index (χ2n) is 6.84. The highest BCUT2D eigenvalue weighted by Gasteiger charge is 2.16. The maximum atomic E-state index is 12.5. The fraction of sp³-hybridized carbons (Fsp3) is 0.125. The predicted octanol–water partition coefficient (Wildman–Crippen LogP) is 4.21. The van der Waals surface area contributed by atoms with Crippen molar-refractivity contribution < 1.29 is 28.5 Å². The van der Waals surface area contributed by atoms with Crippen LogP contribution in [0.2, 0.25) is 0 Å². The Morgan fingerprint density at radius 3 is 2.58 bits per heavy atom. The Balaban J connectivity index is 1.42. The first-order chi connectivity index (χ1) is 16.0. The molecule has 8 nitrogen and oxygen atoms in total. The first-order valence-corrected chi connectivity index (χ1v) is 10.7. The molecule has 0 bridgehead atoms. The number of ether oxygens (including phenoxy) is 4. The van der Waals surface area contributed by atoms with Crippen molar-refractivity contribution in [1.82, 2.24) is 5.43 Å². The van der Waals surface area contributed by atoms with Crippen molar-refractivity contribution in [3.05, 3.63) is 81.8 Å². The zero-order chi connectivity index (χ0) is 23.2.